The standard InChI is InChI=1S/C16H18N2O3/c1-18-10-14(16(19)20)15(17-18)11-5-4-8-13(9-11)21-12-6-2-3-7-12/h4-5,8-10,12H,2-3,6-7H2,1H3,(H,19,20). The third-order valence-corrected chi connectivity index (χ3v) is 3.77. The third-order valence-electron chi connectivity index (χ3n) is 3.77. The molecule has 2 aromatic rings. The fourth-order valence-corrected chi connectivity index (χ4v) is 2.77. The summed E-state index contributed by atoms with van der Waals surface area (Å²) < 4.78 is 7.48. The number of aryl methyl sites for hydroxylation is 1. The number of aromatic nitrogens is 2. The second-order valence-corrected chi connectivity index (χ2v) is 5.42. The highest BCUT2D eigenvalue weighted by Gasteiger charge is 2.19. The molecular formula is C16H18N2O3. The molecule has 5 nitrogen and oxygen atoms in total. The molecule has 1 aromatic carbocycles. The van der Waals surface area contributed by atoms with E-state index in [-0.39, 0.29) is 11.7 Å². The van der Waals surface area contributed by atoms with Crippen LogP contribution in [0.5, 0.6) is 5.75 Å². The number of aromatic carboxylic acids is 1. The van der Waals surface area contributed by atoms with Gasteiger partial charge in [-0.25, -0.2) is 4.79 Å². The first kappa shape index (κ1) is 13.7. The molecule has 0 atom stereocenters. The summed E-state index contributed by atoms with van der Waals surface area (Å²) in [5, 5.41) is 13.5. The summed E-state index contributed by atoms with van der Waals surface area (Å²) in [5.74, 6) is -0.193. The molecule has 0 bridgehead atoms. The van der Waals surface area contributed by atoms with Crippen molar-refractivity contribution in [1.29, 1.82) is 0 Å². The van der Waals surface area contributed by atoms with E-state index in [1.54, 1.807) is 7.05 Å². The number of carboxylic acid groups (broad SMARTS) is 1. The zero-order chi connectivity index (χ0) is 14.8. The van der Waals surface area contributed by atoms with Gasteiger partial charge in [-0.05, 0) is 37.8 Å². The largest absolute Gasteiger partial charge is 0.490 e. The van der Waals surface area contributed by atoms with Gasteiger partial charge in [0.2, 0.25) is 0 Å². The summed E-state index contributed by atoms with van der Waals surface area (Å²) >= 11 is 0. The molecule has 1 aliphatic carbocycles. The minimum atomic E-state index is -0.972. The molecule has 21 heavy (non-hydrogen) atoms. The van der Waals surface area contributed by atoms with Gasteiger partial charge in [-0.15, -0.1) is 0 Å². The molecule has 0 spiro atoms. The fraction of sp³-hybridized carbons (Fsp3) is 0.375. The fourth-order valence-electron chi connectivity index (χ4n) is 2.77. The molecule has 110 valence electrons. The highest BCUT2D eigenvalue weighted by atomic mass is 16.5. The number of benzene rings is 1. The minimum Gasteiger partial charge on any atom is -0.490 e. The van der Waals surface area contributed by atoms with Crippen LogP contribution in [0.2, 0.25) is 0 Å². The molecule has 0 saturated heterocycles. The molecule has 1 fully saturated rings. The Balaban J connectivity index is 1.90. The van der Waals surface area contributed by atoms with Crippen molar-refractivity contribution in [2.24, 2.45) is 7.05 Å². The van der Waals surface area contributed by atoms with Crippen molar-refractivity contribution >= 4 is 5.97 Å². The van der Waals surface area contributed by atoms with Crippen molar-refractivity contribution in [2.45, 2.75) is 31.8 Å². The van der Waals surface area contributed by atoms with E-state index in [1.165, 1.54) is 23.7 Å². The molecule has 0 radical (unpaired) electrons. The summed E-state index contributed by atoms with van der Waals surface area (Å²) in [6.45, 7) is 0. The Morgan fingerprint density at radius 2 is 2.14 bits per heavy atom. The van der Waals surface area contributed by atoms with Crippen LogP contribution in [-0.4, -0.2) is 27.0 Å². The van der Waals surface area contributed by atoms with Gasteiger partial charge in [0.05, 0.1) is 6.10 Å². The van der Waals surface area contributed by atoms with E-state index in [0.29, 0.717) is 5.69 Å². The molecule has 1 N–H and O–H groups in total. The number of rotatable bonds is 4. The van der Waals surface area contributed by atoms with E-state index >= 15 is 0 Å². The number of carboxylic acids is 1. The van der Waals surface area contributed by atoms with Crippen molar-refractivity contribution in [3.05, 3.63) is 36.0 Å². The monoisotopic (exact) mass is 286 g/mol. The lowest BCUT2D eigenvalue weighted by Gasteiger charge is -2.13. The summed E-state index contributed by atoms with van der Waals surface area (Å²) in [4.78, 5) is 11.3. The molecule has 1 heterocycles. The lowest BCUT2D eigenvalue weighted by molar-refractivity contribution is 0.0697. The summed E-state index contributed by atoms with van der Waals surface area (Å²) in [6.07, 6.45) is 6.41. The van der Waals surface area contributed by atoms with Crippen LogP contribution < -0.4 is 4.74 Å². The van der Waals surface area contributed by atoms with Crippen molar-refractivity contribution in [3.63, 3.8) is 0 Å². The van der Waals surface area contributed by atoms with Crippen LogP contribution in [0.1, 0.15) is 36.0 Å². The Labute approximate surface area is 123 Å². The average molecular weight is 286 g/mol. The lowest BCUT2D eigenvalue weighted by Crippen LogP contribution is -2.10. The summed E-state index contributed by atoms with van der Waals surface area (Å²) in [5.41, 5.74) is 1.45. The second kappa shape index (κ2) is 5.60. The van der Waals surface area contributed by atoms with Gasteiger partial charge >= 0.3 is 5.97 Å². The normalized spacial score (nSPS) is 15.3. The number of hydrogen-bond acceptors (Lipinski definition) is 3. The van der Waals surface area contributed by atoms with Crippen molar-refractivity contribution < 1.29 is 14.6 Å². The first-order valence-electron chi connectivity index (χ1n) is 7.17. The smallest absolute Gasteiger partial charge is 0.339 e. The number of nitrogens with zero attached hydrogens (tertiary/aromatic N) is 2. The Hall–Kier alpha value is -2.30. The summed E-state index contributed by atoms with van der Waals surface area (Å²) in [6, 6.07) is 7.51. The highest BCUT2D eigenvalue weighted by molar-refractivity contribution is 5.94. The molecule has 0 amide bonds. The maximum atomic E-state index is 11.3. The Kier molecular flexibility index (Phi) is 3.64. The van der Waals surface area contributed by atoms with E-state index < -0.39 is 5.97 Å². The maximum absolute atomic E-state index is 11.3. The van der Waals surface area contributed by atoms with Crippen molar-refractivity contribution in [3.8, 4) is 17.0 Å². The Morgan fingerprint density at radius 3 is 2.86 bits per heavy atom. The van der Waals surface area contributed by atoms with Crippen LogP contribution in [0.4, 0.5) is 0 Å². The second-order valence-electron chi connectivity index (χ2n) is 5.42. The third kappa shape index (κ3) is 2.91. The van der Waals surface area contributed by atoms with Crippen LogP contribution in [0.3, 0.4) is 0 Å². The van der Waals surface area contributed by atoms with Gasteiger partial charge in [-0.3, -0.25) is 4.68 Å². The van der Waals surface area contributed by atoms with Gasteiger partial charge in [0.1, 0.15) is 17.0 Å². The van der Waals surface area contributed by atoms with Gasteiger partial charge in [-0.2, -0.15) is 5.10 Å². The van der Waals surface area contributed by atoms with Crippen LogP contribution in [0.25, 0.3) is 11.3 Å². The Morgan fingerprint density at radius 1 is 1.38 bits per heavy atom. The van der Waals surface area contributed by atoms with Gasteiger partial charge in [0.25, 0.3) is 0 Å². The first-order chi connectivity index (χ1) is 10.1. The van der Waals surface area contributed by atoms with Crippen LogP contribution >= 0.6 is 0 Å². The highest BCUT2D eigenvalue weighted by Crippen LogP contribution is 2.28. The quantitative estimate of drug-likeness (QED) is 0.938. The molecule has 0 unspecified atom stereocenters. The zero-order valence-electron chi connectivity index (χ0n) is 12.0. The number of hydrogen-bond donors (Lipinski definition) is 1. The van der Waals surface area contributed by atoms with E-state index in [2.05, 4.69) is 5.10 Å². The molecule has 5 heteroatoms. The molecule has 0 aliphatic heterocycles. The predicted octanol–water partition coefficient (Wildman–Crippen LogP) is 3.11. The molecular weight excluding hydrogens is 268 g/mol. The number of ether oxygens (including phenoxy) is 1. The van der Waals surface area contributed by atoms with Gasteiger partial charge < -0.3 is 9.84 Å². The van der Waals surface area contributed by atoms with Crippen molar-refractivity contribution in [2.75, 3.05) is 0 Å². The van der Waals surface area contributed by atoms with E-state index in [4.69, 9.17) is 4.74 Å². The maximum Gasteiger partial charge on any atom is 0.339 e. The predicted molar refractivity (Wildman–Crippen MR) is 78.5 cm³/mol. The molecule has 1 saturated carbocycles. The SMILES string of the molecule is Cn1cc(C(=O)O)c(-c2cccc(OC3CCCC3)c2)n1. The molecule has 3 rings (SSSR count). The van der Waals surface area contributed by atoms with Gasteiger partial charge in [-0.1, -0.05) is 12.1 Å². The van der Waals surface area contributed by atoms with Crippen LogP contribution in [-0.2, 0) is 7.05 Å². The van der Waals surface area contributed by atoms with E-state index in [1.807, 2.05) is 24.3 Å². The molecule has 1 aromatic heterocycles. The van der Waals surface area contributed by atoms with Gasteiger partial charge in [0.15, 0.2) is 0 Å². The van der Waals surface area contributed by atoms with Crippen LogP contribution in [0.15, 0.2) is 30.5 Å². The minimum absolute atomic E-state index is 0.204. The van der Waals surface area contributed by atoms with E-state index in [9.17, 15) is 9.90 Å². The van der Waals surface area contributed by atoms with Crippen LogP contribution in [0, 0.1) is 0 Å². The molecule has 1 aliphatic rings. The van der Waals surface area contributed by atoms with E-state index in [0.717, 1.165) is 24.2 Å². The Bertz CT molecular complexity index is 657. The summed E-state index contributed by atoms with van der Waals surface area (Å²) in [7, 11) is 1.72. The topological polar surface area (TPSA) is 64.4 Å². The van der Waals surface area contributed by atoms with Gasteiger partial charge in [0, 0.05) is 18.8 Å². The first-order valence-corrected chi connectivity index (χ1v) is 7.17. The number of carbonyl (C=O) groups is 1. The zero-order valence-corrected chi connectivity index (χ0v) is 12.0. The lowest BCUT2D eigenvalue weighted by atomic mass is 10.1. The van der Waals surface area contributed by atoms with Crippen molar-refractivity contribution in [1.82, 2.24) is 9.78 Å². The average Bonchev–Trinajstić information content (AvgIpc) is 3.08.